The van der Waals surface area contributed by atoms with E-state index >= 15 is 0 Å². The first-order valence-electron chi connectivity index (χ1n) is 2.20. The van der Waals surface area contributed by atoms with Crippen molar-refractivity contribution in [1.29, 1.82) is 0 Å². The van der Waals surface area contributed by atoms with Gasteiger partial charge in [0.25, 0.3) is 0 Å². The molecule has 1 aromatic carbocycles. The minimum atomic E-state index is 0. The molecule has 0 atom stereocenters. The molecule has 0 aliphatic carbocycles. The van der Waals surface area contributed by atoms with Crippen LogP contribution in [0, 0.1) is 0 Å². The van der Waals surface area contributed by atoms with E-state index < -0.39 is 0 Å². The average Bonchev–Trinajstić information content (AvgIpc) is 1.69. The summed E-state index contributed by atoms with van der Waals surface area (Å²) in [4.78, 5) is 0. The summed E-state index contributed by atoms with van der Waals surface area (Å²) in [7, 11) is 0. The van der Waals surface area contributed by atoms with E-state index in [4.69, 9.17) is 5.73 Å². The molecular weight excluding hydrogens is 162 g/mol. The lowest BCUT2D eigenvalue weighted by Gasteiger charge is -1.83. The van der Waals surface area contributed by atoms with Crippen molar-refractivity contribution in [1.82, 2.24) is 0 Å². The highest BCUT2D eigenvalue weighted by Crippen LogP contribution is 1.95. The Hall–Kier alpha value is -1.26. The molecule has 0 heterocycles. The standard InChI is InChI=1S/C6H7N.4FH/c7-6-4-2-1-3-5-6;;;;/h1-5H,7H2;4*1H. The van der Waals surface area contributed by atoms with Gasteiger partial charge in [-0.25, -0.2) is 0 Å². The molecule has 1 nitrogen and oxygen atoms in total. The fourth-order valence-electron chi connectivity index (χ4n) is 0.453. The molecule has 0 amide bonds. The third-order valence-corrected chi connectivity index (χ3v) is 0.800. The van der Waals surface area contributed by atoms with Gasteiger partial charge in [0.1, 0.15) is 0 Å². The second kappa shape index (κ2) is 11.5. The maximum Gasteiger partial charge on any atom is 0.0313 e. The van der Waals surface area contributed by atoms with Gasteiger partial charge >= 0.3 is 0 Å². The van der Waals surface area contributed by atoms with Crippen molar-refractivity contribution < 1.29 is 18.8 Å². The van der Waals surface area contributed by atoms with Crippen molar-refractivity contribution in [3.63, 3.8) is 0 Å². The summed E-state index contributed by atoms with van der Waals surface area (Å²) < 4.78 is 0. The minimum Gasteiger partial charge on any atom is -0.399 e. The third-order valence-electron chi connectivity index (χ3n) is 0.800. The lowest BCUT2D eigenvalue weighted by molar-refractivity contribution is 1.11. The van der Waals surface area contributed by atoms with Crippen molar-refractivity contribution in [2.75, 3.05) is 5.73 Å². The van der Waals surface area contributed by atoms with Crippen LogP contribution in [0.1, 0.15) is 0 Å². The smallest absolute Gasteiger partial charge is 0.0313 e. The Morgan fingerprint density at radius 3 is 1.27 bits per heavy atom. The van der Waals surface area contributed by atoms with E-state index in [-0.39, 0.29) is 18.8 Å². The van der Waals surface area contributed by atoms with Gasteiger partial charge in [0.05, 0.1) is 0 Å². The molecule has 0 aliphatic heterocycles. The second-order valence-corrected chi connectivity index (χ2v) is 1.41. The Kier molecular flexibility index (Phi) is 23.7. The Labute approximate surface area is 61.7 Å². The van der Waals surface area contributed by atoms with E-state index in [2.05, 4.69) is 0 Å². The van der Waals surface area contributed by atoms with Crippen LogP contribution >= 0.6 is 0 Å². The zero-order valence-corrected chi connectivity index (χ0v) is 5.60. The maximum atomic E-state index is 5.36. The summed E-state index contributed by atoms with van der Waals surface area (Å²) in [6, 6.07) is 9.49. The molecule has 11 heavy (non-hydrogen) atoms. The van der Waals surface area contributed by atoms with Gasteiger partial charge in [-0.1, -0.05) is 18.2 Å². The highest BCUT2D eigenvalue weighted by Gasteiger charge is 1.72. The van der Waals surface area contributed by atoms with Crippen LogP contribution in [0.5, 0.6) is 0 Å². The maximum absolute atomic E-state index is 5.36. The quantitative estimate of drug-likeness (QED) is 0.470. The summed E-state index contributed by atoms with van der Waals surface area (Å²) in [6.45, 7) is 0. The fourth-order valence-corrected chi connectivity index (χ4v) is 0.453. The molecule has 1 rings (SSSR count). The topological polar surface area (TPSA) is 26.0 Å². The van der Waals surface area contributed by atoms with Crippen molar-refractivity contribution >= 4 is 5.69 Å². The van der Waals surface area contributed by atoms with E-state index in [1.807, 2.05) is 30.3 Å². The monoisotopic (exact) mass is 173 g/mol. The van der Waals surface area contributed by atoms with Crippen molar-refractivity contribution in [2.45, 2.75) is 0 Å². The first-order chi connectivity index (χ1) is 3.39. The van der Waals surface area contributed by atoms with Crippen LogP contribution in [0.3, 0.4) is 0 Å². The van der Waals surface area contributed by atoms with E-state index in [9.17, 15) is 0 Å². The van der Waals surface area contributed by atoms with E-state index in [1.165, 1.54) is 0 Å². The highest BCUT2D eigenvalue weighted by atomic mass is 19.0. The van der Waals surface area contributed by atoms with Gasteiger partial charge in [0.15, 0.2) is 0 Å². The molecule has 0 bridgehead atoms. The number of benzene rings is 1. The molecule has 1 aromatic rings. The number of halogens is 4. The van der Waals surface area contributed by atoms with Gasteiger partial charge in [0.2, 0.25) is 0 Å². The van der Waals surface area contributed by atoms with Gasteiger partial charge in [0, 0.05) is 5.69 Å². The first-order valence-corrected chi connectivity index (χ1v) is 2.20. The van der Waals surface area contributed by atoms with Crippen LogP contribution in [0.25, 0.3) is 0 Å². The lowest BCUT2D eigenvalue weighted by Crippen LogP contribution is -1.79. The number of hydrogen-bond donors (Lipinski definition) is 1. The van der Waals surface area contributed by atoms with Crippen molar-refractivity contribution in [3.05, 3.63) is 30.3 Å². The highest BCUT2D eigenvalue weighted by molar-refractivity contribution is 5.35. The van der Waals surface area contributed by atoms with E-state index in [1.54, 1.807) is 0 Å². The molecule has 68 valence electrons. The predicted octanol–water partition coefficient (Wildman–Crippen LogP) is 1.88. The molecule has 0 radical (unpaired) electrons. The minimum absolute atomic E-state index is 0. The lowest BCUT2D eigenvalue weighted by atomic mass is 10.3. The first kappa shape index (κ1) is 22.6. The molecule has 0 spiro atoms. The molecular formula is C6H11F4N. The number of rotatable bonds is 0. The number of hydrogen-bond acceptors (Lipinski definition) is 1. The van der Waals surface area contributed by atoms with Crippen LogP contribution in [-0.4, -0.2) is 0 Å². The molecule has 0 saturated carbocycles. The summed E-state index contributed by atoms with van der Waals surface area (Å²) in [5, 5.41) is 0. The number of nitrogen functional groups attached to an aromatic ring is 1. The predicted molar refractivity (Wildman–Crippen MR) is 40.9 cm³/mol. The van der Waals surface area contributed by atoms with Crippen LogP contribution in [0.4, 0.5) is 24.5 Å². The Balaban J connectivity index is -0.0000000612. The van der Waals surface area contributed by atoms with Gasteiger partial charge in [-0.05, 0) is 12.1 Å². The second-order valence-electron chi connectivity index (χ2n) is 1.41. The van der Waals surface area contributed by atoms with Crippen LogP contribution in [0.15, 0.2) is 30.3 Å². The summed E-state index contributed by atoms with van der Waals surface area (Å²) >= 11 is 0. The Bertz CT molecular complexity index is 145. The zero-order chi connectivity index (χ0) is 5.11. The molecule has 0 unspecified atom stereocenters. The normalized spacial score (nSPS) is 5.45. The summed E-state index contributed by atoms with van der Waals surface area (Å²) in [6.07, 6.45) is 0. The van der Waals surface area contributed by atoms with E-state index in [0.717, 1.165) is 5.69 Å². The molecule has 5 heteroatoms. The van der Waals surface area contributed by atoms with Gasteiger partial charge in [-0.2, -0.15) is 0 Å². The number of nitrogens with two attached hydrogens (primary N) is 1. The van der Waals surface area contributed by atoms with E-state index in [0.29, 0.717) is 0 Å². The molecule has 2 N–H and O–H groups in total. The van der Waals surface area contributed by atoms with Crippen molar-refractivity contribution in [3.8, 4) is 0 Å². The third kappa shape index (κ3) is 8.74. The van der Waals surface area contributed by atoms with Crippen LogP contribution in [-0.2, 0) is 0 Å². The zero-order valence-electron chi connectivity index (χ0n) is 5.60. The molecule has 0 saturated heterocycles. The summed E-state index contributed by atoms with van der Waals surface area (Å²) in [5.41, 5.74) is 6.18. The van der Waals surface area contributed by atoms with Gasteiger partial charge < -0.3 is 5.73 Å². The fraction of sp³-hybridized carbons (Fsp3) is 0. The van der Waals surface area contributed by atoms with Crippen LogP contribution < -0.4 is 5.73 Å². The number of para-hydroxylation sites is 1. The van der Waals surface area contributed by atoms with Crippen LogP contribution in [0.2, 0.25) is 0 Å². The Morgan fingerprint density at radius 1 is 0.727 bits per heavy atom. The van der Waals surface area contributed by atoms with Gasteiger partial charge in [-0.15, -0.1) is 0 Å². The van der Waals surface area contributed by atoms with Gasteiger partial charge in [-0.3, -0.25) is 18.8 Å². The number of anilines is 1. The summed E-state index contributed by atoms with van der Waals surface area (Å²) in [5.74, 6) is 0. The Morgan fingerprint density at radius 2 is 1.09 bits per heavy atom. The largest absolute Gasteiger partial charge is 0.399 e. The molecule has 0 aromatic heterocycles. The molecule has 0 fully saturated rings. The SMILES string of the molecule is F.F.F.F.Nc1ccccc1. The molecule has 0 aliphatic rings. The van der Waals surface area contributed by atoms with Crippen molar-refractivity contribution in [2.24, 2.45) is 0 Å². The average molecular weight is 173 g/mol.